The Hall–Kier alpha value is -1.58. The number of fused-ring (bicyclic) bond motifs is 1. The molecule has 0 fully saturated rings. The Morgan fingerprint density at radius 3 is 3.15 bits per heavy atom. The number of rotatable bonds is 1. The Balaban J connectivity index is 2.49. The number of aromatic amines is 1. The minimum Gasteiger partial charge on any atom is -0.398 e. The van der Waals surface area contributed by atoms with Crippen LogP contribution in [-0.4, -0.2) is 11.2 Å². The maximum absolute atomic E-state index is 13.3. The first-order chi connectivity index (χ1) is 6.18. The fourth-order valence-electron chi connectivity index (χ4n) is 1.34. The molecule has 3 nitrogen and oxygen atoms in total. The lowest BCUT2D eigenvalue weighted by Gasteiger charge is -2.07. The number of hydrogen-bond donors (Lipinski definition) is 2. The molecule has 0 radical (unpaired) electrons. The van der Waals surface area contributed by atoms with Gasteiger partial charge in [-0.1, -0.05) is 6.58 Å². The highest BCUT2D eigenvalue weighted by Crippen LogP contribution is 2.34. The summed E-state index contributed by atoms with van der Waals surface area (Å²) in [4.78, 5) is 6.93. The van der Waals surface area contributed by atoms with Crippen molar-refractivity contribution < 1.29 is 4.39 Å². The van der Waals surface area contributed by atoms with Gasteiger partial charge in [0.2, 0.25) is 0 Å². The van der Waals surface area contributed by atoms with E-state index in [1.54, 1.807) is 12.3 Å². The van der Waals surface area contributed by atoms with Crippen LogP contribution < -0.4 is 5.73 Å². The van der Waals surface area contributed by atoms with Gasteiger partial charge in [-0.15, -0.1) is 0 Å². The molecule has 2 rings (SSSR count). The van der Waals surface area contributed by atoms with Gasteiger partial charge in [0.25, 0.3) is 0 Å². The molecule has 1 atom stereocenters. The Morgan fingerprint density at radius 2 is 2.54 bits per heavy atom. The summed E-state index contributed by atoms with van der Waals surface area (Å²) in [5.41, 5.74) is 7.09. The lowest BCUT2D eigenvalue weighted by molar-refractivity contribution is 0.355. The second kappa shape index (κ2) is 2.73. The van der Waals surface area contributed by atoms with Crippen LogP contribution >= 0.6 is 0 Å². The van der Waals surface area contributed by atoms with Crippen LogP contribution in [-0.2, 0) is 0 Å². The Morgan fingerprint density at radius 1 is 1.77 bits per heavy atom. The molecule has 0 spiro atoms. The minimum absolute atomic E-state index is 0.335. The number of nitrogens with one attached hydrogen (secondary N) is 1. The first-order valence-corrected chi connectivity index (χ1v) is 4.02. The molecule has 2 heterocycles. The van der Waals surface area contributed by atoms with Gasteiger partial charge in [-0.25, -0.2) is 9.38 Å². The number of aromatic nitrogens is 1. The second-order valence-electron chi connectivity index (χ2n) is 3.03. The summed E-state index contributed by atoms with van der Waals surface area (Å²) in [5.74, 6) is 0.556. The number of H-pyrrole nitrogens is 1. The SMILES string of the molecule is C=C(N)c1cc2c([nH]1)N=CCC2F. The quantitative estimate of drug-likeness (QED) is 0.681. The molecule has 13 heavy (non-hydrogen) atoms. The molecule has 0 aromatic carbocycles. The van der Waals surface area contributed by atoms with Gasteiger partial charge in [-0.05, 0) is 6.07 Å². The smallest absolute Gasteiger partial charge is 0.136 e. The summed E-state index contributed by atoms with van der Waals surface area (Å²) in [7, 11) is 0. The molecule has 1 aliphatic rings. The number of halogens is 1. The highest BCUT2D eigenvalue weighted by atomic mass is 19.1. The maximum atomic E-state index is 13.3. The number of nitrogens with zero attached hydrogens (tertiary/aromatic N) is 1. The van der Waals surface area contributed by atoms with Crippen molar-refractivity contribution >= 4 is 17.7 Å². The first-order valence-electron chi connectivity index (χ1n) is 4.02. The largest absolute Gasteiger partial charge is 0.398 e. The normalized spacial score (nSPS) is 19.9. The molecular formula is C9H10FN3. The number of alkyl halides is 1. The lowest BCUT2D eigenvalue weighted by Crippen LogP contribution is -1.95. The van der Waals surface area contributed by atoms with Crippen LogP contribution in [0.3, 0.4) is 0 Å². The van der Waals surface area contributed by atoms with E-state index in [4.69, 9.17) is 5.73 Å². The summed E-state index contributed by atoms with van der Waals surface area (Å²) >= 11 is 0. The Labute approximate surface area is 75.2 Å². The fourth-order valence-corrected chi connectivity index (χ4v) is 1.34. The van der Waals surface area contributed by atoms with Crippen LogP contribution in [0.15, 0.2) is 17.6 Å². The monoisotopic (exact) mass is 179 g/mol. The average Bonchev–Trinajstić information content (AvgIpc) is 2.49. The molecule has 1 unspecified atom stereocenters. The summed E-state index contributed by atoms with van der Waals surface area (Å²) in [5, 5.41) is 0. The molecule has 1 aliphatic heterocycles. The van der Waals surface area contributed by atoms with Crippen LogP contribution in [0.5, 0.6) is 0 Å². The third-order valence-electron chi connectivity index (χ3n) is 2.04. The molecule has 68 valence electrons. The van der Waals surface area contributed by atoms with E-state index >= 15 is 0 Å². The predicted octanol–water partition coefficient (Wildman–Crippen LogP) is 2.06. The zero-order valence-corrected chi connectivity index (χ0v) is 7.05. The van der Waals surface area contributed by atoms with Crippen molar-refractivity contribution in [1.82, 2.24) is 4.98 Å². The lowest BCUT2D eigenvalue weighted by atomic mass is 10.1. The van der Waals surface area contributed by atoms with Crippen molar-refractivity contribution in [2.24, 2.45) is 10.7 Å². The summed E-state index contributed by atoms with van der Waals surface area (Å²) in [6.07, 6.45) is 0.922. The third-order valence-corrected chi connectivity index (χ3v) is 2.04. The Kier molecular flexibility index (Phi) is 1.69. The van der Waals surface area contributed by atoms with E-state index in [9.17, 15) is 4.39 Å². The Bertz CT molecular complexity index is 378. The summed E-state index contributed by atoms with van der Waals surface area (Å²) < 4.78 is 13.3. The van der Waals surface area contributed by atoms with E-state index in [1.165, 1.54) is 0 Å². The molecule has 1 aromatic heterocycles. The van der Waals surface area contributed by atoms with E-state index in [0.717, 1.165) is 0 Å². The van der Waals surface area contributed by atoms with E-state index < -0.39 is 6.17 Å². The standard InChI is InChI=1S/C9H10FN3/c1-5(11)8-4-6-7(10)2-3-12-9(6)13-8/h3-4,7,13H,1-2,11H2. The van der Waals surface area contributed by atoms with Gasteiger partial charge in [0, 0.05) is 23.9 Å². The minimum atomic E-state index is -0.975. The third kappa shape index (κ3) is 1.24. The topological polar surface area (TPSA) is 54.2 Å². The number of nitrogens with two attached hydrogens (primary N) is 1. The van der Waals surface area contributed by atoms with Crippen molar-refractivity contribution in [2.75, 3.05) is 0 Å². The zero-order valence-electron chi connectivity index (χ0n) is 7.05. The zero-order chi connectivity index (χ0) is 9.42. The van der Waals surface area contributed by atoms with E-state index in [2.05, 4.69) is 16.6 Å². The maximum Gasteiger partial charge on any atom is 0.136 e. The average molecular weight is 179 g/mol. The highest BCUT2D eigenvalue weighted by Gasteiger charge is 2.19. The molecule has 0 aliphatic carbocycles. The predicted molar refractivity (Wildman–Crippen MR) is 50.6 cm³/mol. The van der Waals surface area contributed by atoms with Crippen LogP contribution in [0, 0.1) is 0 Å². The molecule has 0 saturated heterocycles. The highest BCUT2D eigenvalue weighted by molar-refractivity contribution is 5.71. The second-order valence-corrected chi connectivity index (χ2v) is 3.03. The van der Waals surface area contributed by atoms with Crippen molar-refractivity contribution in [1.29, 1.82) is 0 Å². The van der Waals surface area contributed by atoms with Gasteiger partial charge in [0.15, 0.2) is 0 Å². The number of hydrogen-bond acceptors (Lipinski definition) is 2. The van der Waals surface area contributed by atoms with Crippen molar-refractivity contribution in [3.8, 4) is 0 Å². The summed E-state index contributed by atoms with van der Waals surface area (Å²) in [6.45, 7) is 3.57. The fraction of sp³-hybridized carbons (Fsp3) is 0.222. The van der Waals surface area contributed by atoms with E-state index in [1.807, 2.05) is 0 Å². The first kappa shape index (κ1) is 8.04. The molecule has 0 bridgehead atoms. The molecule has 0 amide bonds. The molecule has 1 aromatic rings. The van der Waals surface area contributed by atoms with Crippen molar-refractivity contribution in [3.63, 3.8) is 0 Å². The van der Waals surface area contributed by atoms with Crippen LogP contribution in [0.1, 0.15) is 23.8 Å². The molecule has 3 N–H and O–H groups in total. The molecular weight excluding hydrogens is 169 g/mol. The molecule has 0 saturated carbocycles. The van der Waals surface area contributed by atoms with Gasteiger partial charge >= 0.3 is 0 Å². The molecule has 4 heteroatoms. The van der Waals surface area contributed by atoms with Crippen molar-refractivity contribution in [2.45, 2.75) is 12.6 Å². The van der Waals surface area contributed by atoms with Gasteiger partial charge in [-0.2, -0.15) is 0 Å². The summed E-state index contributed by atoms with van der Waals surface area (Å²) in [6, 6.07) is 1.67. The van der Waals surface area contributed by atoms with Gasteiger partial charge in [-0.3, -0.25) is 0 Å². The van der Waals surface area contributed by atoms with Crippen LogP contribution in [0.4, 0.5) is 10.2 Å². The van der Waals surface area contributed by atoms with Gasteiger partial charge < -0.3 is 10.7 Å². The van der Waals surface area contributed by atoms with Crippen molar-refractivity contribution in [3.05, 3.63) is 23.9 Å². The van der Waals surface area contributed by atoms with Gasteiger partial charge in [0.05, 0.1) is 5.69 Å². The number of aliphatic imine (C=N–C) groups is 1. The van der Waals surface area contributed by atoms with Gasteiger partial charge in [0.1, 0.15) is 12.0 Å². The van der Waals surface area contributed by atoms with Crippen LogP contribution in [0.25, 0.3) is 5.70 Å². The van der Waals surface area contributed by atoms with E-state index in [-0.39, 0.29) is 0 Å². The van der Waals surface area contributed by atoms with E-state index in [0.29, 0.717) is 29.2 Å². The van der Waals surface area contributed by atoms with Crippen LogP contribution in [0.2, 0.25) is 0 Å².